The first-order valence-corrected chi connectivity index (χ1v) is 9.39. The summed E-state index contributed by atoms with van der Waals surface area (Å²) in [6.45, 7) is 2.92. The van der Waals surface area contributed by atoms with E-state index in [9.17, 15) is 20.0 Å². The van der Waals surface area contributed by atoms with Crippen LogP contribution in [0.25, 0.3) is 0 Å². The molecule has 1 aliphatic carbocycles. The molecule has 0 bridgehead atoms. The number of nitro groups is 1. The molecule has 8 nitrogen and oxygen atoms in total. The van der Waals surface area contributed by atoms with E-state index in [1.165, 1.54) is 6.42 Å². The highest BCUT2D eigenvalue weighted by molar-refractivity contribution is 5.98. The van der Waals surface area contributed by atoms with Gasteiger partial charge in [0.15, 0.2) is 0 Å². The van der Waals surface area contributed by atoms with Gasteiger partial charge in [0.2, 0.25) is 0 Å². The van der Waals surface area contributed by atoms with E-state index in [1.54, 1.807) is 0 Å². The molecule has 1 amide bonds. The maximum Gasteiger partial charge on any atom is 0.293 e. The van der Waals surface area contributed by atoms with Crippen molar-refractivity contribution in [3.63, 3.8) is 0 Å². The minimum absolute atomic E-state index is 0.00369. The second-order valence-corrected chi connectivity index (χ2v) is 7.38. The molecule has 4 N–H and O–H groups in total. The number of nitrogens with one attached hydrogen (secondary N) is 1. The van der Waals surface area contributed by atoms with Crippen LogP contribution in [0.15, 0.2) is 24.3 Å². The Labute approximate surface area is 158 Å². The van der Waals surface area contributed by atoms with Gasteiger partial charge in [0.25, 0.3) is 11.6 Å². The third-order valence-corrected chi connectivity index (χ3v) is 5.40. The van der Waals surface area contributed by atoms with E-state index in [-0.39, 0.29) is 28.7 Å². The fourth-order valence-corrected chi connectivity index (χ4v) is 3.84. The standard InChI is InChI=1S/C19H26N4O4/c20-16-11-18(24)15(10-17(16)23(26)27)19(25)21-14-6-8-22(9-7-14)12-13-4-2-1-3-5-13/h1-2,10-11,13-14,24H,3-9,12,20H2,(H,21,25). The lowest BCUT2D eigenvalue weighted by molar-refractivity contribution is -0.383. The van der Waals surface area contributed by atoms with Gasteiger partial charge in [-0.25, -0.2) is 0 Å². The number of anilines is 1. The third kappa shape index (κ3) is 4.77. The quantitative estimate of drug-likeness (QED) is 0.315. The zero-order valence-electron chi connectivity index (χ0n) is 15.3. The number of carbonyl (C=O) groups is 1. The van der Waals surface area contributed by atoms with Crippen molar-refractivity contribution in [2.45, 2.75) is 38.1 Å². The molecule has 1 aromatic rings. The molecular formula is C19H26N4O4. The van der Waals surface area contributed by atoms with Gasteiger partial charge in [-0.2, -0.15) is 0 Å². The van der Waals surface area contributed by atoms with Crippen LogP contribution in [0.2, 0.25) is 0 Å². The summed E-state index contributed by atoms with van der Waals surface area (Å²) in [4.78, 5) is 25.2. The molecule has 1 aliphatic heterocycles. The van der Waals surface area contributed by atoms with Crippen molar-refractivity contribution in [3.05, 3.63) is 40.0 Å². The van der Waals surface area contributed by atoms with Crippen LogP contribution in [0, 0.1) is 16.0 Å². The average Bonchev–Trinajstić information content (AvgIpc) is 2.64. The number of amides is 1. The second-order valence-electron chi connectivity index (χ2n) is 7.38. The number of carbonyl (C=O) groups excluding carboxylic acids is 1. The topological polar surface area (TPSA) is 122 Å². The molecule has 1 fully saturated rings. The number of nitro benzene ring substituents is 1. The van der Waals surface area contributed by atoms with E-state index < -0.39 is 10.8 Å². The number of benzene rings is 1. The van der Waals surface area contributed by atoms with E-state index in [1.807, 2.05) is 0 Å². The summed E-state index contributed by atoms with van der Waals surface area (Å²) in [6, 6.07) is 2.08. The zero-order valence-corrected chi connectivity index (χ0v) is 15.3. The number of phenols is 1. The van der Waals surface area contributed by atoms with Crippen molar-refractivity contribution in [1.29, 1.82) is 0 Å². The number of aromatic hydroxyl groups is 1. The van der Waals surface area contributed by atoms with Gasteiger partial charge in [0, 0.05) is 37.8 Å². The van der Waals surface area contributed by atoms with Crippen molar-refractivity contribution in [1.82, 2.24) is 10.2 Å². The highest BCUT2D eigenvalue weighted by atomic mass is 16.6. The van der Waals surface area contributed by atoms with Crippen LogP contribution in [-0.4, -0.2) is 46.5 Å². The molecule has 0 radical (unpaired) electrons. The van der Waals surface area contributed by atoms with Gasteiger partial charge in [-0.1, -0.05) is 12.2 Å². The Bertz CT molecular complexity index is 741. The molecule has 3 rings (SSSR count). The molecule has 0 saturated carbocycles. The number of nitrogens with two attached hydrogens (primary N) is 1. The highest BCUT2D eigenvalue weighted by Crippen LogP contribution is 2.30. The lowest BCUT2D eigenvalue weighted by Gasteiger charge is -2.35. The monoisotopic (exact) mass is 374 g/mol. The summed E-state index contributed by atoms with van der Waals surface area (Å²) in [7, 11) is 0. The first-order chi connectivity index (χ1) is 12.9. The fourth-order valence-electron chi connectivity index (χ4n) is 3.84. The molecule has 1 aromatic carbocycles. The van der Waals surface area contributed by atoms with Gasteiger partial charge < -0.3 is 21.1 Å². The fraction of sp³-hybridized carbons (Fsp3) is 0.526. The molecule has 0 aromatic heterocycles. The molecule has 0 spiro atoms. The smallest absolute Gasteiger partial charge is 0.293 e. The molecule has 1 unspecified atom stereocenters. The highest BCUT2D eigenvalue weighted by Gasteiger charge is 2.25. The third-order valence-electron chi connectivity index (χ3n) is 5.40. The number of piperidine rings is 1. The molecule has 1 heterocycles. The Balaban J connectivity index is 1.54. The molecule has 146 valence electrons. The van der Waals surface area contributed by atoms with Gasteiger partial charge in [-0.05, 0) is 38.0 Å². The van der Waals surface area contributed by atoms with Gasteiger partial charge in [-0.15, -0.1) is 0 Å². The number of rotatable bonds is 5. The van der Waals surface area contributed by atoms with Crippen molar-refractivity contribution in [2.24, 2.45) is 5.92 Å². The van der Waals surface area contributed by atoms with Gasteiger partial charge in [0.05, 0.1) is 10.5 Å². The normalized spacial score (nSPS) is 21.1. The zero-order chi connectivity index (χ0) is 19.4. The van der Waals surface area contributed by atoms with Gasteiger partial charge in [0.1, 0.15) is 11.4 Å². The minimum atomic E-state index is -0.662. The molecule has 2 aliphatic rings. The number of hydrogen-bond acceptors (Lipinski definition) is 6. The van der Waals surface area contributed by atoms with E-state index >= 15 is 0 Å². The summed E-state index contributed by atoms with van der Waals surface area (Å²) in [5.41, 5.74) is 4.86. The summed E-state index contributed by atoms with van der Waals surface area (Å²) in [5, 5.41) is 23.8. The van der Waals surface area contributed by atoms with Crippen LogP contribution in [-0.2, 0) is 0 Å². The number of nitrogen functional groups attached to an aromatic ring is 1. The van der Waals surface area contributed by atoms with Crippen molar-refractivity contribution in [3.8, 4) is 5.75 Å². The van der Waals surface area contributed by atoms with Crippen molar-refractivity contribution in [2.75, 3.05) is 25.4 Å². The predicted molar refractivity (Wildman–Crippen MR) is 103 cm³/mol. The average molecular weight is 374 g/mol. The molecule has 1 saturated heterocycles. The summed E-state index contributed by atoms with van der Waals surface area (Å²) in [6.07, 6.45) is 9.70. The van der Waals surface area contributed by atoms with Crippen molar-refractivity contribution >= 4 is 17.3 Å². The molecule has 27 heavy (non-hydrogen) atoms. The number of phenolic OH excluding ortho intramolecular Hbond substituents is 1. The second kappa shape index (κ2) is 8.39. The summed E-state index contributed by atoms with van der Waals surface area (Å²) in [5.74, 6) is -0.140. The Kier molecular flexibility index (Phi) is 5.95. The SMILES string of the molecule is Nc1cc(O)c(C(=O)NC2CCN(CC3CC=CCC3)CC2)cc1[N+](=O)[O-]. The van der Waals surface area contributed by atoms with E-state index in [2.05, 4.69) is 22.4 Å². The summed E-state index contributed by atoms with van der Waals surface area (Å²) < 4.78 is 0. The first-order valence-electron chi connectivity index (χ1n) is 9.39. The number of hydrogen-bond donors (Lipinski definition) is 3. The van der Waals surface area contributed by atoms with Crippen LogP contribution >= 0.6 is 0 Å². The van der Waals surface area contributed by atoms with Gasteiger partial charge in [-0.3, -0.25) is 14.9 Å². The van der Waals surface area contributed by atoms with Crippen LogP contribution in [0.5, 0.6) is 5.75 Å². The molecule has 8 heteroatoms. The largest absolute Gasteiger partial charge is 0.507 e. The van der Waals surface area contributed by atoms with Crippen LogP contribution < -0.4 is 11.1 Å². The number of likely N-dealkylation sites (tertiary alicyclic amines) is 1. The lowest BCUT2D eigenvalue weighted by Crippen LogP contribution is -2.45. The predicted octanol–water partition coefficient (Wildman–Crippen LogP) is 2.43. The maximum absolute atomic E-state index is 12.5. The Morgan fingerprint density at radius 2 is 2.04 bits per heavy atom. The van der Waals surface area contributed by atoms with Crippen LogP contribution in [0.1, 0.15) is 42.5 Å². The minimum Gasteiger partial charge on any atom is -0.507 e. The number of nitrogens with zero attached hydrogens (tertiary/aromatic N) is 2. The maximum atomic E-state index is 12.5. The molecule has 1 atom stereocenters. The van der Waals surface area contributed by atoms with Crippen LogP contribution in [0.4, 0.5) is 11.4 Å². The van der Waals surface area contributed by atoms with Gasteiger partial charge >= 0.3 is 0 Å². The van der Waals surface area contributed by atoms with E-state index in [4.69, 9.17) is 5.73 Å². The number of allylic oxidation sites excluding steroid dienone is 2. The Hall–Kier alpha value is -2.61. The molecular weight excluding hydrogens is 348 g/mol. The lowest BCUT2D eigenvalue weighted by atomic mass is 9.93. The Morgan fingerprint density at radius 3 is 2.67 bits per heavy atom. The first kappa shape index (κ1) is 19.2. The van der Waals surface area contributed by atoms with Crippen LogP contribution in [0.3, 0.4) is 0 Å². The summed E-state index contributed by atoms with van der Waals surface area (Å²) >= 11 is 0. The van der Waals surface area contributed by atoms with Crippen molar-refractivity contribution < 1.29 is 14.8 Å². The van der Waals surface area contributed by atoms with E-state index in [0.29, 0.717) is 5.92 Å². The van der Waals surface area contributed by atoms with E-state index in [0.717, 1.165) is 57.5 Å². The Morgan fingerprint density at radius 1 is 1.30 bits per heavy atom.